The van der Waals surface area contributed by atoms with Gasteiger partial charge in [0.25, 0.3) is 5.91 Å². The number of carbonyl (C=O) groups excluding carboxylic acids is 2. The van der Waals surface area contributed by atoms with Crippen LogP contribution in [0.25, 0.3) is 0 Å². The summed E-state index contributed by atoms with van der Waals surface area (Å²) in [5.74, 6) is 0.0675. The number of ether oxygens (including phenoxy) is 1. The quantitative estimate of drug-likeness (QED) is 0.559. The molecule has 0 radical (unpaired) electrons. The zero-order chi connectivity index (χ0) is 18.9. The normalized spacial score (nSPS) is 10.6. The molecule has 0 saturated carbocycles. The van der Waals surface area contributed by atoms with Gasteiger partial charge in [-0.1, -0.05) is 29.3 Å². The van der Waals surface area contributed by atoms with Crippen molar-refractivity contribution in [3.05, 3.63) is 63.6 Å². The average molecular weight is 394 g/mol. The lowest BCUT2D eigenvalue weighted by Gasteiger charge is -2.05. The minimum absolute atomic E-state index is 0.0909. The van der Waals surface area contributed by atoms with E-state index in [9.17, 15) is 9.59 Å². The van der Waals surface area contributed by atoms with Crippen molar-refractivity contribution in [1.29, 1.82) is 0 Å². The van der Waals surface area contributed by atoms with Crippen molar-refractivity contribution in [1.82, 2.24) is 10.7 Å². The number of hydrazone groups is 1. The van der Waals surface area contributed by atoms with E-state index in [1.807, 2.05) is 0 Å². The molecule has 0 spiro atoms. The van der Waals surface area contributed by atoms with Crippen LogP contribution in [0.3, 0.4) is 0 Å². The first-order valence-corrected chi connectivity index (χ1v) is 8.44. The highest BCUT2D eigenvalue weighted by Crippen LogP contribution is 2.19. The molecule has 2 aromatic carbocycles. The summed E-state index contributed by atoms with van der Waals surface area (Å²) in [6, 6.07) is 11.6. The fraction of sp³-hybridized carbons (Fsp3) is 0.167. The van der Waals surface area contributed by atoms with Crippen molar-refractivity contribution in [3.8, 4) is 5.75 Å². The molecule has 0 heterocycles. The molecule has 0 aromatic heterocycles. The van der Waals surface area contributed by atoms with Gasteiger partial charge in [-0.2, -0.15) is 5.10 Å². The maximum atomic E-state index is 12.0. The summed E-state index contributed by atoms with van der Waals surface area (Å²) in [6.07, 6.45) is 1.51. The fourth-order valence-corrected chi connectivity index (χ4v) is 2.43. The maximum absolute atomic E-state index is 12.0. The first-order valence-electron chi connectivity index (χ1n) is 7.69. The SMILES string of the molecule is COc1ccc(C(=O)NCCC(=O)NN=Cc2ccc(Cl)cc2Cl)cc1. The lowest BCUT2D eigenvalue weighted by molar-refractivity contribution is -0.120. The molecule has 0 unspecified atom stereocenters. The molecule has 2 aromatic rings. The number of benzene rings is 2. The van der Waals surface area contributed by atoms with Crippen LogP contribution >= 0.6 is 23.2 Å². The van der Waals surface area contributed by atoms with Crippen molar-refractivity contribution in [2.75, 3.05) is 13.7 Å². The van der Waals surface area contributed by atoms with Crippen LogP contribution in [0.4, 0.5) is 0 Å². The molecule has 0 aliphatic rings. The molecule has 6 nitrogen and oxygen atoms in total. The zero-order valence-electron chi connectivity index (χ0n) is 14.0. The van der Waals surface area contributed by atoms with Gasteiger partial charge in [0.05, 0.1) is 18.3 Å². The summed E-state index contributed by atoms with van der Waals surface area (Å²) in [5, 5.41) is 7.44. The second-order valence-electron chi connectivity index (χ2n) is 5.19. The van der Waals surface area contributed by atoms with Crippen LogP contribution < -0.4 is 15.5 Å². The van der Waals surface area contributed by atoms with Gasteiger partial charge in [0.1, 0.15) is 5.75 Å². The number of rotatable bonds is 7. The molecule has 0 aliphatic carbocycles. The number of amides is 2. The van der Waals surface area contributed by atoms with E-state index in [-0.39, 0.29) is 24.8 Å². The van der Waals surface area contributed by atoms with Crippen LogP contribution in [0.2, 0.25) is 10.0 Å². The van der Waals surface area contributed by atoms with E-state index in [4.69, 9.17) is 27.9 Å². The van der Waals surface area contributed by atoms with Crippen molar-refractivity contribution >= 4 is 41.2 Å². The highest BCUT2D eigenvalue weighted by Gasteiger charge is 2.06. The summed E-state index contributed by atoms with van der Waals surface area (Å²) in [4.78, 5) is 23.7. The van der Waals surface area contributed by atoms with Gasteiger partial charge in [-0.05, 0) is 36.4 Å². The van der Waals surface area contributed by atoms with Gasteiger partial charge >= 0.3 is 0 Å². The predicted octanol–water partition coefficient (Wildman–Crippen LogP) is 3.27. The molecule has 136 valence electrons. The Labute approximate surface area is 161 Å². The van der Waals surface area contributed by atoms with Crippen LogP contribution in [0.5, 0.6) is 5.75 Å². The Hall–Kier alpha value is -2.57. The van der Waals surface area contributed by atoms with E-state index in [1.54, 1.807) is 49.6 Å². The average Bonchev–Trinajstić information content (AvgIpc) is 2.63. The third-order valence-corrected chi connectivity index (χ3v) is 3.91. The first kappa shape index (κ1) is 19.8. The van der Waals surface area contributed by atoms with Gasteiger partial charge in [0, 0.05) is 29.1 Å². The van der Waals surface area contributed by atoms with Crippen molar-refractivity contribution < 1.29 is 14.3 Å². The molecule has 0 aliphatic heterocycles. The maximum Gasteiger partial charge on any atom is 0.251 e. The molecule has 2 rings (SSSR count). The third kappa shape index (κ3) is 6.06. The van der Waals surface area contributed by atoms with E-state index >= 15 is 0 Å². The minimum Gasteiger partial charge on any atom is -0.497 e. The van der Waals surface area contributed by atoms with Crippen LogP contribution in [-0.4, -0.2) is 31.7 Å². The largest absolute Gasteiger partial charge is 0.497 e. The summed E-state index contributed by atoms with van der Waals surface area (Å²) in [7, 11) is 1.55. The van der Waals surface area contributed by atoms with Crippen molar-refractivity contribution in [2.45, 2.75) is 6.42 Å². The predicted molar refractivity (Wildman–Crippen MR) is 102 cm³/mol. The third-order valence-electron chi connectivity index (χ3n) is 3.35. The number of hydrogen-bond donors (Lipinski definition) is 2. The van der Waals surface area contributed by atoms with Crippen LogP contribution in [0, 0.1) is 0 Å². The van der Waals surface area contributed by atoms with Crippen LogP contribution in [-0.2, 0) is 4.79 Å². The molecule has 0 fully saturated rings. The van der Waals surface area contributed by atoms with Gasteiger partial charge in [-0.15, -0.1) is 0 Å². The fourth-order valence-electron chi connectivity index (χ4n) is 1.97. The number of nitrogens with zero attached hydrogens (tertiary/aromatic N) is 1. The molecule has 8 heteroatoms. The Kier molecular flexibility index (Phi) is 7.44. The van der Waals surface area contributed by atoms with Crippen LogP contribution in [0.1, 0.15) is 22.3 Å². The topological polar surface area (TPSA) is 79.8 Å². The number of hydrogen-bond acceptors (Lipinski definition) is 4. The molecule has 2 amide bonds. The van der Waals surface area contributed by atoms with E-state index < -0.39 is 0 Å². The molecular weight excluding hydrogens is 377 g/mol. The molecular formula is C18H17Cl2N3O3. The van der Waals surface area contributed by atoms with E-state index in [1.165, 1.54) is 6.21 Å². The molecule has 0 atom stereocenters. The van der Waals surface area contributed by atoms with E-state index in [0.717, 1.165) is 0 Å². The van der Waals surface area contributed by atoms with Gasteiger partial charge in [0.15, 0.2) is 0 Å². The minimum atomic E-state index is -0.332. The lowest BCUT2D eigenvalue weighted by Crippen LogP contribution is -2.29. The van der Waals surface area contributed by atoms with Gasteiger partial charge in [-0.25, -0.2) is 5.43 Å². The first-order chi connectivity index (χ1) is 12.5. The molecule has 0 saturated heterocycles. The Morgan fingerprint density at radius 3 is 2.54 bits per heavy atom. The van der Waals surface area contributed by atoms with Crippen molar-refractivity contribution in [2.24, 2.45) is 5.10 Å². The Morgan fingerprint density at radius 1 is 1.15 bits per heavy atom. The Balaban J connectivity index is 1.74. The summed E-state index contributed by atoms with van der Waals surface area (Å²) in [6.45, 7) is 0.188. The van der Waals surface area contributed by atoms with Gasteiger partial charge in [-0.3, -0.25) is 9.59 Å². The lowest BCUT2D eigenvalue weighted by atomic mass is 10.2. The van der Waals surface area contributed by atoms with Gasteiger partial charge in [0.2, 0.25) is 5.91 Å². The van der Waals surface area contributed by atoms with E-state index in [2.05, 4.69) is 15.8 Å². The standard InChI is InChI=1S/C18H17Cl2N3O3/c1-26-15-6-3-12(4-7-15)18(25)21-9-8-17(24)23-22-11-13-2-5-14(19)10-16(13)20/h2-7,10-11H,8-9H2,1H3,(H,21,25)(H,23,24). The Bertz CT molecular complexity index is 808. The number of methoxy groups -OCH3 is 1. The monoisotopic (exact) mass is 393 g/mol. The van der Waals surface area contributed by atoms with E-state index in [0.29, 0.717) is 26.9 Å². The van der Waals surface area contributed by atoms with Gasteiger partial charge < -0.3 is 10.1 Å². The van der Waals surface area contributed by atoms with Crippen molar-refractivity contribution in [3.63, 3.8) is 0 Å². The number of halogens is 2. The Morgan fingerprint density at radius 2 is 1.88 bits per heavy atom. The molecule has 26 heavy (non-hydrogen) atoms. The zero-order valence-corrected chi connectivity index (χ0v) is 15.5. The number of nitrogens with one attached hydrogen (secondary N) is 2. The second-order valence-corrected chi connectivity index (χ2v) is 6.04. The highest BCUT2D eigenvalue weighted by atomic mass is 35.5. The van der Waals surface area contributed by atoms with Crippen LogP contribution in [0.15, 0.2) is 47.6 Å². The summed E-state index contributed by atoms with van der Waals surface area (Å²) in [5.41, 5.74) is 3.49. The summed E-state index contributed by atoms with van der Waals surface area (Å²) < 4.78 is 5.03. The second kappa shape index (κ2) is 9.79. The molecule has 0 bridgehead atoms. The summed E-state index contributed by atoms with van der Waals surface area (Å²) >= 11 is 11.8. The number of carbonyl (C=O) groups is 2. The molecule has 2 N–H and O–H groups in total. The smallest absolute Gasteiger partial charge is 0.251 e. The highest BCUT2D eigenvalue weighted by molar-refractivity contribution is 6.36.